The fraction of sp³-hybridized carbons (Fsp3) is 0.977. The number of hydrogen-bond acceptors (Lipinski definition) is 4. The highest BCUT2D eigenvalue weighted by atomic mass is 16.2. The van der Waals surface area contributed by atoms with Gasteiger partial charge in [0.25, 0.3) is 0 Å². The Bertz CT molecular complexity index is 641. The van der Waals surface area contributed by atoms with Gasteiger partial charge in [0.2, 0.25) is 5.91 Å². The average Bonchev–Trinajstić information content (AvgIpc) is 3.12. The van der Waals surface area contributed by atoms with Crippen LogP contribution in [0, 0.1) is 0 Å². The van der Waals surface area contributed by atoms with Crippen molar-refractivity contribution in [2.75, 3.05) is 65.4 Å². The van der Waals surface area contributed by atoms with Crippen LogP contribution in [-0.4, -0.2) is 86.1 Å². The third kappa shape index (κ3) is 30.7. The molecule has 0 spiro atoms. The van der Waals surface area contributed by atoms with Crippen LogP contribution in [0.25, 0.3) is 0 Å². The molecule has 0 aromatic rings. The Morgan fingerprint density at radius 1 is 0.449 bits per heavy atom. The van der Waals surface area contributed by atoms with Crippen molar-refractivity contribution in [1.82, 2.24) is 20.0 Å². The number of amides is 1. The zero-order valence-electron chi connectivity index (χ0n) is 34.0. The second-order valence-electron chi connectivity index (χ2n) is 15.8. The van der Waals surface area contributed by atoms with Gasteiger partial charge in [0, 0.05) is 39.3 Å². The summed E-state index contributed by atoms with van der Waals surface area (Å²) in [6.07, 6.45) is 41.9. The minimum Gasteiger partial charge on any atom is -0.339 e. The van der Waals surface area contributed by atoms with Crippen molar-refractivity contribution in [2.24, 2.45) is 0 Å². The summed E-state index contributed by atoms with van der Waals surface area (Å²) >= 11 is 0. The van der Waals surface area contributed by atoms with Crippen molar-refractivity contribution in [3.05, 3.63) is 0 Å². The average molecular weight is 691 g/mol. The van der Waals surface area contributed by atoms with Gasteiger partial charge in [0.1, 0.15) is 0 Å². The molecule has 1 aliphatic heterocycles. The maximum absolute atomic E-state index is 12.8. The van der Waals surface area contributed by atoms with E-state index in [1.165, 1.54) is 212 Å². The zero-order valence-corrected chi connectivity index (χ0v) is 34.0. The van der Waals surface area contributed by atoms with E-state index in [4.69, 9.17) is 0 Å². The highest BCUT2D eigenvalue weighted by molar-refractivity contribution is 5.78. The fourth-order valence-electron chi connectivity index (χ4n) is 7.53. The van der Waals surface area contributed by atoms with E-state index in [1.807, 2.05) is 0 Å². The van der Waals surface area contributed by atoms with Gasteiger partial charge in [-0.3, -0.25) is 9.69 Å². The maximum Gasteiger partial charge on any atom is 0.236 e. The Labute approximate surface area is 308 Å². The van der Waals surface area contributed by atoms with Crippen LogP contribution in [0.1, 0.15) is 213 Å². The van der Waals surface area contributed by atoms with Gasteiger partial charge < -0.3 is 15.1 Å². The molecule has 0 bridgehead atoms. The molecule has 0 saturated carbocycles. The lowest BCUT2D eigenvalue weighted by molar-refractivity contribution is -0.132. The predicted octanol–water partition coefficient (Wildman–Crippen LogP) is 11.8. The van der Waals surface area contributed by atoms with Crippen molar-refractivity contribution in [3.8, 4) is 0 Å². The van der Waals surface area contributed by atoms with Crippen molar-refractivity contribution in [2.45, 2.75) is 213 Å². The number of nitrogens with one attached hydrogen (secondary N) is 1. The van der Waals surface area contributed by atoms with Crippen LogP contribution in [0.2, 0.25) is 0 Å². The molecule has 1 heterocycles. The maximum atomic E-state index is 12.8. The van der Waals surface area contributed by atoms with Crippen molar-refractivity contribution >= 4 is 5.91 Å². The van der Waals surface area contributed by atoms with E-state index in [0.29, 0.717) is 12.5 Å². The molecule has 292 valence electrons. The predicted molar refractivity (Wildman–Crippen MR) is 218 cm³/mol. The van der Waals surface area contributed by atoms with Gasteiger partial charge in [-0.15, -0.1) is 0 Å². The molecule has 0 aromatic heterocycles. The van der Waals surface area contributed by atoms with Crippen LogP contribution in [-0.2, 0) is 4.79 Å². The summed E-state index contributed by atoms with van der Waals surface area (Å²) in [4.78, 5) is 20.3. The molecule has 0 atom stereocenters. The van der Waals surface area contributed by atoms with Crippen molar-refractivity contribution in [1.29, 1.82) is 0 Å². The lowest BCUT2D eigenvalue weighted by Gasteiger charge is -2.36. The summed E-state index contributed by atoms with van der Waals surface area (Å²) in [7, 11) is 0. The van der Waals surface area contributed by atoms with Gasteiger partial charge in [0.05, 0.1) is 6.54 Å². The van der Waals surface area contributed by atoms with Gasteiger partial charge in [0.15, 0.2) is 0 Å². The molecular weight excluding hydrogens is 601 g/mol. The van der Waals surface area contributed by atoms with Crippen LogP contribution in [0.15, 0.2) is 0 Å². The number of rotatable bonds is 38. The molecule has 5 nitrogen and oxygen atoms in total. The Balaban J connectivity index is 2.20. The summed E-state index contributed by atoms with van der Waals surface area (Å²) in [5.41, 5.74) is 0. The molecule has 49 heavy (non-hydrogen) atoms. The second kappa shape index (κ2) is 37.1. The molecule has 1 aliphatic rings. The van der Waals surface area contributed by atoms with E-state index >= 15 is 0 Å². The summed E-state index contributed by atoms with van der Waals surface area (Å²) in [5.74, 6) is 0.301. The van der Waals surface area contributed by atoms with Crippen LogP contribution >= 0.6 is 0 Å². The normalized spacial score (nSPS) is 14.0. The SMILES string of the molecule is CCCCCCCCCCCCNCC(=O)N1CCN(CCN(CCCCCCCCCCCC)CCCCCCCCCCCC)CC1. The van der Waals surface area contributed by atoms with Gasteiger partial charge in [-0.25, -0.2) is 0 Å². The molecular formula is C44H90N4O. The van der Waals surface area contributed by atoms with Gasteiger partial charge in [-0.1, -0.05) is 194 Å². The molecule has 0 aliphatic carbocycles. The lowest BCUT2D eigenvalue weighted by atomic mass is 10.1. The summed E-state index contributed by atoms with van der Waals surface area (Å²) in [6, 6.07) is 0. The topological polar surface area (TPSA) is 38.8 Å². The molecule has 0 radical (unpaired) electrons. The fourth-order valence-corrected chi connectivity index (χ4v) is 7.53. The third-order valence-electron chi connectivity index (χ3n) is 11.1. The zero-order chi connectivity index (χ0) is 35.3. The van der Waals surface area contributed by atoms with E-state index < -0.39 is 0 Å². The Morgan fingerprint density at radius 2 is 0.796 bits per heavy atom. The van der Waals surface area contributed by atoms with E-state index in [2.05, 4.69) is 40.8 Å². The number of carbonyl (C=O) groups is 1. The van der Waals surface area contributed by atoms with Crippen LogP contribution < -0.4 is 5.32 Å². The Hall–Kier alpha value is -0.650. The molecule has 1 N–H and O–H groups in total. The van der Waals surface area contributed by atoms with Gasteiger partial charge in [-0.2, -0.15) is 0 Å². The largest absolute Gasteiger partial charge is 0.339 e. The first-order chi connectivity index (χ1) is 24.2. The smallest absolute Gasteiger partial charge is 0.236 e. The first-order valence-corrected chi connectivity index (χ1v) is 22.6. The molecule has 5 heteroatoms. The van der Waals surface area contributed by atoms with E-state index in [-0.39, 0.29) is 0 Å². The monoisotopic (exact) mass is 691 g/mol. The lowest BCUT2D eigenvalue weighted by Crippen LogP contribution is -2.52. The van der Waals surface area contributed by atoms with Gasteiger partial charge in [-0.05, 0) is 38.9 Å². The second-order valence-corrected chi connectivity index (χ2v) is 15.8. The molecule has 1 saturated heterocycles. The first kappa shape index (κ1) is 46.4. The number of hydrogen-bond donors (Lipinski definition) is 1. The van der Waals surface area contributed by atoms with E-state index in [1.54, 1.807) is 0 Å². The standard InChI is InChI=1S/C44H90N4O/c1-4-7-10-13-16-19-22-25-28-31-34-45-43-44(49)48-41-39-47(40-42-48)38-37-46(35-32-29-26-23-20-17-14-11-8-5-2)36-33-30-27-24-21-18-15-12-9-6-3/h45H,4-43H2,1-3H3. The van der Waals surface area contributed by atoms with Crippen molar-refractivity contribution in [3.63, 3.8) is 0 Å². The Kier molecular flexibility index (Phi) is 35.1. The summed E-state index contributed by atoms with van der Waals surface area (Å²) in [6.45, 7) is 17.2. The third-order valence-corrected chi connectivity index (χ3v) is 11.1. The quantitative estimate of drug-likeness (QED) is 0.0655. The minimum atomic E-state index is 0.301. The first-order valence-electron chi connectivity index (χ1n) is 22.6. The van der Waals surface area contributed by atoms with Gasteiger partial charge >= 0.3 is 0 Å². The molecule has 1 fully saturated rings. The van der Waals surface area contributed by atoms with E-state index in [0.717, 1.165) is 39.3 Å². The van der Waals surface area contributed by atoms with Crippen LogP contribution in [0.4, 0.5) is 0 Å². The number of carbonyl (C=O) groups excluding carboxylic acids is 1. The highest BCUT2D eigenvalue weighted by Crippen LogP contribution is 2.14. The number of nitrogens with zero attached hydrogens (tertiary/aromatic N) is 3. The summed E-state index contributed by atoms with van der Waals surface area (Å²) < 4.78 is 0. The van der Waals surface area contributed by atoms with Crippen molar-refractivity contribution < 1.29 is 4.79 Å². The number of piperazine rings is 1. The molecule has 0 aromatic carbocycles. The highest BCUT2D eigenvalue weighted by Gasteiger charge is 2.21. The minimum absolute atomic E-state index is 0.301. The summed E-state index contributed by atoms with van der Waals surface area (Å²) in [5, 5.41) is 3.44. The Morgan fingerprint density at radius 3 is 1.18 bits per heavy atom. The van der Waals surface area contributed by atoms with Crippen LogP contribution in [0.5, 0.6) is 0 Å². The molecule has 0 unspecified atom stereocenters. The molecule has 1 amide bonds. The van der Waals surface area contributed by atoms with E-state index in [9.17, 15) is 4.79 Å². The van der Waals surface area contributed by atoms with Crippen LogP contribution in [0.3, 0.4) is 0 Å². The number of unbranched alkanes of at least 4 members (excludes halogenated alkanes) is 27. The molecule has 1 rings (SSSR count).